The number of carbonyl (C=O) groups is 2. The van der Waals surface area contributed by atoms with Gasteiger partial charge in [0.2, 0.25) is 0 Å². The Morgan fingerprint density at radius 2 is 1.96 bits per heavy atom. The van der Waals surface area contributed by atoms with E-state index >= 15 is 0 Å². The summed E-state index contributed by atoms with van der Waals surface area (Å²) in [7, 11) is 0. The van der Waals surface area contributed by atoms with Crippen molar-refractivity contribution < 1.29 is 14.0 Å². The van der Waals surface area contributed by atoms with E-state index in [-0.39, 0.29) is 23.8 Å². The maximum atomic E-state index is 12.9. The maximum absolute atomic E-state index is 12.9. The lowest BCUT2D eigenvalue weighted by atomic mass is 10.0. The van der Waals surface area contributed by atoms with Crippen LogP contribution in [0.3, 0.4) is 0 Å². The molecule has 0 spiro atoms. The molecule has 2 N–H and O–H groups in total. The van der Waals surface area contributed by atoms with E-state index in [1.165, 1.54) is 6.26 Å². The van der Waals surface area contributed by atoms with Crippen LogP contribution in [0.4, 0.5) is 0 Å². The van der Waals surface area contributed by atoms with Gasteiger partial charge in [-0.05, 0) is 32.0 Å². The van der Waals surface area contributed by atoms with Crippen molar-refractivity contribution in [2.24, 2.45) is 0 Å². The van der Waals surface area contributed by atoms with Crippen molar-refractivity contribution in [3.63, 3.8) is 0 Å². The molecule has 4 rings (SSSR count). The lowest BCUT2D eigenvalue weighted by Crippen LogP contribution is -2.40. The van der Waals surface area contributed by atoms with Crippen LogP contribution in [0.2, 0.25) is 0 Å². The Morgan fingerprint density at radius 3 is 2.61 bits per heavy atom. The third-order valence-corrected chi connectivity index (χ3v) is 4.99. The molecule has 1 fully saturated rings. The number of carbonyl (C=O) groups excluding carboxylic acids is 2. The minimum atomic E-state index is -0.293. The third-order valence-electron chi connectivity index (χ3n) is 4.99. The monoisotopic (exact) mass is 379 g/mol. The van der Waals surface area contributed by atoms with Gasteiger partial charge in [-0.15, -0.1) is 0 Å². The predicted molar refractivity (Wildman–Crippen MR) is 101 cm³/mol. The molecule has 28 heavy (non-hydrogen) atoms. The summed E-state index contributed by atoms with van der Waals surface area (Å²) in [5.41, 5.74) is 1.10. The number of nitrogens with zero attached hydrogens (tertiary/aromatic N) is 3. The fourth-order valence-electron chi connectivity index (χ4n) is 3.52. The molecule has 8 heteroatoms. The second kappa shape index (κ2) is 7.30. The summed E-state index contributed by atoms with van der Waals surface area (Å²) in [6, 6.07) is 10.4. The Balaban J connectivity index is 1.58. The van der Waals surface area contributed by atoms with E-state index in [1.807, 2.05) is 25.1 Å². The number of aryl methyl sites for hydroxylation is 2. The molecule has 1 saturated heterocycles. The number of aromatic nitrogens is 3. The standard InChI is InChI=1S/C20H21N5O3/c1-12-15(8-9-28-12)20(27)25-10-16(18-21-13(2)23-24-18)17(11-25)22-19(26)14-6-4-3-5-7-14/h3-9,16-17H,10-11H2,1-2H3,(H,22,26)(H,21,23,24)/t16-,17-/m1/s1. The third kappa shape index (κ3) is 3.40. The number of rotatable bonds is 4. The van der Waals surface area contributed by atoms with Crippen LogP contribution in [0, 0.1) is 13.8 Å². The van der Waals surface area contributed by atoms with E-state index in [0.717, 1.165) is 0 Å². The van der Waals surface area contributed by atoms with Crippen molar-refractivity contribution in [3.8, 4) is 0 Å². The number of furan rings is 1. The Labute approximate surface area is 162 Å². The van der Waals surface area contributed by atoms with Crippen molar-refractivity contribution in [1.29, 1.82) is 0 Å². The number of aromatic amines is 1. The smallest absolute Gasteiger partial charge is 0.257 e. The quantitative estimate of drug-likeness (QED) is 0.722. The van der Waals surface area contributed by atoms with Crippen LogP contribution >= 0.6 is 0 Å². The normalized spacial score (nSPS) is 19.0. The SMILES string of the molecule is Cc1nc([C@@H]2CN(C(=O)c3ccoc3C)C[C@H]2NC(=O)c2ccccc2)n[nH]1. The number of amides is 2. The topological polar surface area (TPSA) is 104 Å². The fourth-order valence-corrected chi connectivity index (χ4v) is 3.52. The minimum Gasteiger partial charge on any atom is -0.469 e. The first-order valence-electron chi connectivity index (χ1n) is 9.11. The van der Waals surface area contributed by atoms with Gasteiger partial charge in [-0.3, -0.25) is 14.7 Å². The van der Waals surface area contributed by atoms with Gasteiger partial charge in [-0.25, -0.2) is 4.98 Å². The Kier molecular flexibility index (Phi) is 4.68. The second-order valence-corrected chi connectivity index (χ2v) is 6.93. The minimum absolute atomic E-state index is 0.125. The summed E-state index contributed by atoms with van der Waals surface area (Å²) < 4.78 is 5.26. The van der Waals surface area contributed by atoms with Gasteiger partial charge < -0.3 is 14.6 Å². The molecule has 3 heterocycles. The highest BCUT2D eigenvalue weighted by Gasteiger charge is 2.40. The van der Waals surface area contributed by atoms with Crippen LogP contribution in [-0.2, 0) is 0 Å². The summed E-state index contributed by atoms with van der Waals surface area (Å²) in [6.07, 6.45) is 1.50. The zero-order valence-corrected chi connectivity index (χ0v) is 15.7. The van der Waals surface area contributed by atoms with Gasteiger partial charge in [-0.1, -0.05) is 18.2 Å². The highest BCUT2D eigenvalue weighted by atomic mass is 16.3. The molecule has 2 aromatic heterocycles. The first-order valence-corrected chi connectivity index (χ1v) is 9.11. The van der Waals surface area contributed by atoms with Crippen LogP contribution in [0.5, 0.6) is 0 Å². The summed E-state index contributed by atoms with van der Waals surface area (Å²) in [4.78, 5) is 31.7. The average molecular weight is 379 g/mol. The van der Waals surface area contributed by atoms with E-state index in [9.17, 15) is 9.59 Å². The fraction of sp³-hybridized carbons (Fsp3) is 0.300. The molecule has 3 aromatic rings. The van der Waals surface area contributed by atoms with Gasteiger partial charge in [0.1, 0.15) is 11.6 Å². The van der Waals surface area contributed by atoms with E-state index in [0.29, 0.717) is 41.6 Å². The Hall–Kier alpha value is -3.42. The molecule has 0 bridgehead atoms. The predicted octanol–water partition coefficient (Wildman–Crippen LogP) is 2.05. The van der Waals surface area contributed by atoms with Gasteiger partial charge >= 0.3 is 0 Å². The Bertz CT molecular complexity index is 994. The second-order valence-electron chi connectivity index (χ2n) is 6.93. The Morgan fingerprint density at radius 1 is 1.18 bits per heavy atom. The molecule has 0 saturated carbocycles. The number of H-pyrrole nitrogens is 1. The highest BCUT2D eigenvalue weighted by molar-refractivity contribution is 5.96. The molecule has 0 aliphatic carbocycles. The summed E-state index contributed by atoms with van der Waals surface area (Å²) in [6.45, 7) is 4.37. The first-order chi connectivity index (χ1) is 13.5. The zero-order valence-electron chi connectivity index (χ0n) is 15.7. The van der Waals surface area contributed by atoms with E-state index < -0.39 is 0 Å². The number of benzene rings is 1. The molecule has 2 atom stereocenters. The molecule has 2 amide bonds. The van der Waals surface area contributed by atoms with Crippen LogP contribution in [0.15, 0.2) is 47.1 Å². The molecule has 1 aliphatic heterocycles. The van der Waals surface area contributed by atoms with Crippen molar-refractivity contribution in [1.82, 2.24) is 25.4 Å². The molecule has 8 nitrogen and oxygen atoms in total. The van der Waals surface area contributed by atoms with Gasteiger partial charge in [0, 0.05) is 18.7 Å². The van der Waals surface area contributed by atoms with Gasteiger partial charge in [0.15, 0.2) is 5.82 Å². The number of hydrogen-bond acceptors (Lipinski definition) is 5. The average Bonchev–Trinajstić information content (AvgIpc) is 3.42. The molecule has 0 unspecified atom stereocenters. The number of hydrogen-bond donors (Lipinski definition) is 2. The molecular formula is C20H21N5O3. The molecule has 144 valence electrons. The largest absolute Gasteiger partial charge is 0.469 e. The van der Waals surface area contributed by atoms with Gasteiger partial charge in [-0.2, -0.15) is 5.10 Å². The van der Waals surface area contributed by atoms with Crippen LogP contribution in [-0.4, -0.2) is 51.0 Å². The zero-order chi connectivity index (χ0) is 19.7. The van der Waals surface area contributed by atoms with Crippen LogP contribution in [0.1, 0.15) is 44.0 Å². The molecule has 1 aliphatic rings. The van der Waals surface area contributed by atoms with Crippen molar-refractivity contribution in [3.05, 3.63) is 71.2 Å². The molecule has 0 radical (unpaired) electrons. The van der Waals surface area contributed by atoms with Crippen molar-refractivity contribution in [2.75, 3.05) is 13.1 Å². The number of likely N-dealkylation sites (tertiary alicyclic amines) is 1. The molecular weight excluding hydrogens is 358 g/mol. The lowest BCUT2D eigenvalue weighted by Gasteiger charge is -2.17. The van der Waals surface area contributed by atoms with Gasteiger partial charge in [0.05, 0.1) is 23.8 Å². The maximum Gasteiger partial charge on any atom is 0.257 e. The van der Waals surface area contributed by atoms with E-state index in [1.54, 1.807) is 30.0 Å². The van der Waals surface area contributed by atoms with Gasteiger partial charge in [0.25, 0.3) is 11.8 Å². The summed E-state index contributed by atoms with van der Waals surface area (Å²) >= 11 is 0. The van der Waals surface area contributed by atoms with Crippen LogP contribution in [0.25, 0.3) is 0 Å². The molecule has 1 aromatic carbocycles. The van der Waals surface area contributed by atoms with Crippen LogP contribution < -0.4 is 5.32 Å². The first kappa shape index (κ1) is 18.0. The number of nitrogens with one attached hydrogen (secondary N) is 2. The van der Waals surface area contributed by atoms with Crippen molar-refractivity contribution >= 4 is 11.8 Å². The summed E-state index contributed by atoms with van der Waals surface area (Å²) in [5, 5.41) is 10.1. The lowest BCUT2D eigenvalue weighted by molar-refractivity contribution is 0.0780. The van der Waals surface area contributed by atoms with E-state index in [2.05, 4.69) is 20.5 Å². The highest BCUT2D eigenvalue weighted by Crippen LogP contribution is 2.27. The van der Waals surface area contributed by atoms with Crippen molar-refractivity contribution in [2.45, 2.75) is 25.8 Å². The van der Waals surface area contributed by atoms with E-state index in [4.69, 9.17) is 4.42 Å². The summed E-state index contributed by atoms with van der Waals surface area (Å²) in [5.74, 6) is 1.35.